The molecule has 0 radical (unpaired) electrons. The Hall–Kier alpha value is -1.67. The topological polar surface area (TPSA) is 114 Å². The summed E-state index contributed by atoms with van der Waals surface area (Å²) in [7, 11) is -3.64. The maximum atomic E-state index is 11.8. The van der Waals surface area contributed by atoms with Gasteiger partial charge in [-0.1, -0.05) is 0 Å². The maximum absolute atomic E-state index is 11.8. The van der Waals surface area contributed by atoms with Gasteiger partial charge in [-0.25, -0.2) is 18.1 Å². The van der Waals surface area contributed by atoms with Crippen molar-refractivity contribution in [2.45, 2.75) is 18.2 Å². The van der Waals surface area contributed by atoms with Crippen molar-refractivity contribution in [1.82, 2.24) is 15.0 Å². The van der Waals surface area contributed by atoms with Gasteiger partial charge < -0.3 is 11.1 Å². The molecule has 4 N–H and O–H groups in total. The van der Waals surface area contributed by atoms with Crippen molar-refractivity contribution in [2.24, 2.45) is 0 Å². The van der Waals surface area contributed by atoms with Gasteiger partial charge in [-0.05, 0) is 19.1 Å². The molecule has 0 fully saturated rings. The molecule has 0 atom stereocenters. The van der Waals surface area contributed by atoms with Crippen molar-refractivity contribution in [3.05, 3.63) is 18.3 Å². The van der Waals surface area contributed by atoms with E-state index in [2.05, 4.69) is 15.0 Å². The van der Waals surface area contributed by atoms with E-state index in [0.29, 0.717) is 6.54 Å². The number of pyridine rings is 1. The van der Waals surface area contributed by atoms with Gasteiger partial charge in [0.2, 0.25) is 15.9 Å². The van der Waals surface area contributed by atoms with E-state index in [0.717, 1.165) is 0 Å². The molecule has 1 aromatic rings. The highest BCUT2D eigenvalue weighted by Crippen LogP contribution is 2.08. The third-order valence-corrected chi connectivity index (χ3v) is 3.53. The summed E-state index contributed by atoms with van der Waals surface area (Å²) in [6.45, 7) is 2.36. The van der Waals surface area contributed by atoms with E-state index in [1.807, 2.05) is 0 Å². The van der Waals surface area contributed by atoms with Crippen molar-refractivity contribution in [3.63, 3.8) is 0 Å². The van der Waals surface area contributed by atoms with E-state index in [1.54, 1.807) is 6.92 Å². The average Bonchev–Trinajstić information content (AvgIpc) is 2.29. The molecule has 8 heteroatoms. The smallest absolute Gasteiger partial charge is 0.242 e. The monoisotopic (exact) mass is 272 g/mol. The van der Waals surface area contributed by atoms with Crippen LogP contribution in [-0.2, 0) is 14.8 Å². The van der Waals surface area contributed by atoms with Crippen molar-refractivity contribution in [2.75, 3.05) is 18.8 Å². The molecule has 1 rings (SSSR count). The Labute approximate surface area is 106 Å². The number of carbonyl (C=O) groups excluding carboxylic acids is 1. The van der Waals surface area contributed by atoms with E-state index >= 15 is 0 Å². The molecule has 0 saturated heterocycles. The van der Waals surface area contributed by atoms with Gasteiger partial charge in [0.05, 0.1) is 0 Å². The van der Waals surface area contributed by atoms with Crippen LogP contribution >= 0.6 is 0 Å². The summed E-state index contributed by atoms with van der Waals surface area (Å²) >= 11 is 0. The standard InChI is InChI=1S/C10H16N4O3S/c1-2-12-10(15)5-6-14-18(16,17)8-3-4-9(11)13-7-8/h3-4,7,14H,2,5-6H2,1H3,(H2,11,13)(H,12,15). The molecule has 0 unspecified atom stereocenters. The van der Waals surface area contributed by atoms with Crippen molar-refractivity contribution >= 4 is 21.7 Å². The third kappa shape index (κ3) is 4.30. The highest BCUT2D eigenvalue weighted by molar-refractivity contribution is 7.89. The number of hydrogen-bond acceptors (Lipinski definition) is 5. The normalized spacial score (nSPS) is 11.2. The van der Waals surface area contributed by atoms with Crippen molar-refractivity contribution in [1.29, 1.82) is 0 Å². The predicted molar refractivity (Wildman–Crippen MR) is 67.1 cm³/mol. The minimum Gasteiger partial charge on any atom is -0.384 e. The Kier molecular flexibility index (Phi) is 5.05. The number of sulfonamides is 1. The Balaban J connectivity index is 2.55. The SMILES string of the molecule is CCNC(=O)CCNS(=O)(=O)c1ccc(N)nc1. The van der Waals surface area contributed by atoms with E-state index < -0.39 is 10.0 Å². The van der Waals surface area contributed by atoms with Gasteiger partial charge >= 0.3 is 0 Å². The fraction of sp³-hybridized carbons (Fsp3) is 0.400. The molecule has 18 heavy (non-hydrogen) atoms. The number of nitrogens with two attached hydrogens (primary N) is 1. The first kappa shape index (κ1) is 14.4. The minimum absolute atomic E-state index is 0.0209. The number of rotatable bonds is 6. The number of nitrogens with one attached hydrogen (secondary N) is 2. The van der Waals surface area contributed by atoms with Crippen LogP contribution in [0.4, 0.5) is 5.82 Å². The van der Waals surface area contributed by atoms with Crippen LogP contribution in [0.2, 0.25) is 0 Å². The first-order valence-corrected chi connectivity index (χ1v) is 6.92. The zero-order valence-electron chi connectivity index (χ0n) is 10.0. The van der Waals surface area contributed by atoms with Crippen LogP contribution in [0.5, 0.6) is 0 Å². The summed E-state index contributed by atoms with van der Waals surface area (Å²) in [4.78, 5) is 14.9. The highest BCUT2D eigenvalue weighted by Gasteiger charge is 2.14. The molecule has 0 spiro atoms. The lowest BCUT2D eigenvalue weighted by Gasteiger charge is -2.06. The lowest BCUT2D eigenvalue weighted by molar-refractivity contribution is -0.120. The quantitative estimate of drug-likeness (QED) is 0.644. The van der Waals surface area contributed by atoms with Gasteiger partial charge in [0, 0.05) is 25.7 Å². The summed E-state index contributed by atoms with van der Waals surface area (Å²) in [6, 6.07) is 2.76. The molecule has 100 valence electrons. The predicted octanol–water partition coefficient (Wildman–Crippen LogP) is -0.532. The Bertz CT molecular complexity index is 498. The summed E-state index contributed by atoms with van der Waals surface area (Å²) in [5.74, 6) is 0.0481. The second-order valence-electron chi connectivity index (χ2n) is 3.52. The largest absolute Gasteiger partial charge is 0.384 e. The van der Waals surface area contributed by atoms with Gasteiger partial charge in [0.15, 0.2) is 0 Å². The van der Waals surface area contributed by atoms with Gasteiger partial charge in [0.1, 0.15) is 10.7 Å². The van der Waals surface area contributed by atoms with Crippen LogP contribution in [0.1, 0.15) is 13.3 Å². The molecule has 0 aromatic carbocycles. The molecule has 0 aliphatic carbocycles. The fourth-order valence-corrected chi connectivity index (χ4v) is 2.19. The Morgan fingerprint density at radius 1 is 1.44 bits per heavy atom. The van der Waals surface area contributed by atoms with Gasteiger partial charge in [-0.2, -0.15) is 0 Å². The van der Waals surface area contributed by atoms with Crippen LogP contribution in [0.25, 0.3) is 0 Å². The molecular weight excluding hydrogens is 256 g/mol. The van der Waals surface area contributed by atoms with E-state index in [4.69, 9.17) is 5.73 Å². The summed E-state index contributed by atoms with van der Waals surface area (Å²) < 4.78 is 25.8. The number of nitrogens with zero attached hydrogens (tertiary/aromatic N) is 1. The minimum atomic E-state index is -3.64. The van der Waals surface area contributed by atoms with E-state index in [9.17, 15) is 13.2 Å². The zero-order valence-corrected chi connectivity index (χ0v) is 10.8. The molecule has 7 nitrogen and oxygen atoms in total. The summed E-state index contributed by atoms with van der Waals surface area (Å²) in [5, 5.41) is 2.58. The van der Waals surface area contributed by atoms with Crippen molar-refractivity contribution in [3.8, 4) is 0 Å². The molecule has 1 amide bonds. The van der Waals surface area contributed by atoms with Crippen molar-refractivity contribution < 1.29 is 13.2 Å². The molecule has 0 bridgehead atoms. The van der Waals surface area contributed by atoms with E-state index in [-0.39, 0.29) is 29.6 Å². The molecule has 1 heterocycles. The van der Waals surface area contributed by atoms with Crippen LogP contribution in [0.15, 0.2) is 23.2 Å². The van der Waals surface area contributed by atoms with Gasteiger partial charge in [0.25, 0.3) is 0 Å². The molecule has 1 aromatic heterocycles. The van der Waals surface area contributed by atoms with Crippen LogP contribution in [0.3, 0.4) is 0 Å². The molecule has 0 aliphatic rings. The number of hydrogen-bond donors (Lipinski definition) is 3. The first-order chi connectivity index (χ1) is 8.45. The molecule has 0 saturated carbocycles. The number of aromatic nitrogens is 1. The maximum Gasteiger partial charge on any atom is 0.242 e. The van der Waals surface area contributed by atoms with E-state index in [1.165, 1.54) is 18.3 Å². The fourth-order valence-electron chi connectivity index (χ4n) is 1.22. The Morgan fingerprint density at radius 2 is 2.17 bits per heavy atom. The number of anilines is 1. The lowest BCUT2D eigenvalue weighted by Crippen LogP contribution is -2.30. The summed E-state index contributed by atoms with van der Waals surface area (Å²) in [6.07, 6.45) is 1.26. The second kappa shape index (κ2) is 6.31. The third-order valence-electron chi connectivity index (χ3n) is 2.09. The summed E-state index contributed by atoms with van der Waals surface area (Å²) in [5.41, 5.74) is 5.36. The lowest BCUT2D eigenvalue weighted by atomic mass is 10.4. The van der Waals surface area contributed by atoms with Crippen LogP contribution < -0.4 is 15.8 Å². The number of nitrogen functional groups attached to an aromatic ring is 1. The average molecular weight is 272 g/mol. The zero-order chi connectivity index (χ0) is 13.6. The Morgan fingerprint density at radius 3 is 2.72 bits per heavy atom. The molecular formula is C10H16N4O3S. The molecule has 0 aliphatic heterocycles. The number of amides is 1. The van der Waals surface area contributed by atoms with Gasteiger partial charge in [-0.3, -0.25) is 4.79 Å². The van der Waals surface area contributed by atoms with Crippen LogP contribution in [0, 0.1) is 0 Å². The first-order valence-electron chi connectivity index (χ1n) is 5.43. The second-order valence-corrected chi connectivity index (χ2v) is 5.29. The number of carbonyl (C=O) groups is 1. The van der Waals surface area contributed by atoms with Gasteiger partial charge in [-0.15, -0.1) is 0 Å². The highest BCUT2D eigenvalue weighted by atomic mass is 32.2. The van der Waals surface area contributed by atoms with Crippen LogP contribution in [-0.4, -0.2) is 32.4 Å².